The molecule has 0 saturated heterocycles. The number of aromatic nitrogens is 1. The Kier molecular flexibility index (Phi) is 6.09. The summed E-state index contributed by atoms with van der Waals surface area (Å²) in [4.78, 5) is 18.0. The maximum atomic E-state index is 13.6. The maximum Gasteiger partial charge on any atom is 0.419 e. The molecule has 0 fully saturated rings. The zero-order valence-corrected chi connectivity index (χ0v) is 15.7. The van der Waals surface area contributed by atoms with Crippen molar-refractivity contribution in [3.05, 3.63) is 64.2 Å². The molecule has 1 aromatic carbocycles. The topological polar surface area (TPSA) is 65.5 Å². The molecule has 10 heteroatoms. The van der Waals surface area contributed by atoms with Crippen molar-refractivity contribution in [1.29, 1.82) is 0 Å². The fourth-order valence-corrected chi connectivity index (χ4v) is 3.20. The number of hydrogen-bond donors (Lipinski definition) is 2. The second kappa shape index (κ2) is 8.38. The van der Waals surface area contributed by atoms with Crippen molar-refractivity contribution in [2.45, 2.75) is 19.2 Å². The summed E-state index contributed by atoms with van der Waals surface area (Å²) in [6, 6.07) is 3.28. The van der Waals surface area contributed by atoms with E-state index in [0.29, 0.717) is 41.4 Å². The van der Waals surface area contributed by atoms with Gasteiger partial charge in [-0.15, -0.1) is 0 Å². The standard InChI is InChI=1S/C19H16ClF4N3O2/c20-15-7-11(10-28)9-25-17(15)12-3-5-27(6-4-12)18(29)26-13-1-2-14(16(21)8-13)19(22,23)24/h1-3,7-9,28H,4-6,10H2,(H,26,29). The van der Waals surface area contributed by atoms with E-state index in [4.69, 9.17) is 16.7 Å². The van der Waals surface area contributed by atoms with Crippen LogP contribution in [-0.2, 0) is 12.8 Å². The van der Waals surface area contributed by atoms with E-state index < -0.39 is 23.6 Å². The van der Waals surface area contributed by atoms with Gasteiger partial charge in [-0.25, -0.2) is 9.18 Å². The van der Waals surface area contributed by atoms with Gasteiger partial charge in [0.05, 0.1) is 22.9 Å². The van der Waals surface area contributed by atoms with E-state index in [1.54, 1.807) is 12.1 Å². The van der Waals surface area contributed by atoms with Gasteiger partial charge in [0.15, 0.2) is 0 Å². The Balaban J connectivity index is 1.66. The lowest BCUT2D eigenvalue weighted by Gasteiger charge is -2.27. The first-order valence-corrected chi connectivity index (χ1v) is 8.94. The first-order valence-electron chi connectivity index (χ1n) is 8.56. The summed E-state index contributed by atoms with van der Waals surface area (Å²) in [5, 5.41) is 11.9. The minimum absolute atomic E-state index is 0.0698. The molecule has 0 radical (unpaired) electrons. The highest BCUT2D eigenvalue weighted by molar-refractivity contribution is 6.32. The van der Waals surface area contributed by atoms with Crippen LogP contribution in [0.4, 0.5) is 28.0 Å². The predicted molar refractivity (Wildman–Crippen MR) is 99.8 cm³/mol. The van der Waals surface area contributed by atoms with Crippen LogP contribution in [0.1, 0.15) is 23.2 Å². The van der Waals surface area contributed by atoms with Crippen molar-refractivity contribution in [2.24, 2.45) is 0 Å². The molecule has 1 aromatic heterocycles. The Morgan fingerprint density at radius 1 is 1.31 bits per heavy atom. The monoisotopic (exact) mass is 429 g/mol. The molecule has 2 amide bonds. The van der Waals surface area contributed by atoms with Gasteiger partial charge < -0.3 is 15.3 Å². The number of halogens is 5. The van der Waals surface area contributed by atoms with E-state index in [1.807, 2.05) is 0 Å². The van der Waals surface area contributed by atoms with Crippen molar-refractivity contribution in [1.82, 2.24) is 9.88 Å². The third-order valence-electron chi connectivity index (χ3n) is 4.41. The summed E-state index contributed by atoms with van der Waals surface area (Å²) in [5.41, 5.74) is 0.523. The molecule has 0 unspecified atom stereocenters. The zero-order valence-electron chi connectivity index (χ0n) is 14.9. The summed E-state index contributed by atoms with van der Waals surface area (Å²) in [5.74, 6) is -1.46. The number of nitrogens with zero attached hydrogens (tertiary/aromatic N) is 2. The van der Waals surface area contributed by atoms with E-state index in [2.05, 4.69) is 10.3 Å². The number of hydrogen-bond acceptors (Lipinski definition) is 3. The summed E-state index contributed by atoms with van der Waals surface area (Å²) < 4.78 is 51.5. The van der Waals surface area contributed by atoms with E-state index in [0.717, 1.165) is 11.6 Å². The van der Waals surface area contributed by atoms with Crippen LogP contribution in [0.5, 0.6) is 0 Å². The number of urea groups is 1. The average Bonchev–Trinajstić information content (AvgIpc) is 2.67. The van der Waals surface area contributed by atoms with Crippen LogP contribution in [0.25, 0.3) is 5.57 Å². The number of pyridine rings is 1. The van der Waals surface area contributed by atoms with Gasteiger partial charge in [0.1, 0.15) is 5.82 Å². The number of amides is 2. The molecule has 2 aromatic rings. The quantitative estimate of drug-likeness (QED) is 0.695. The van der Waals surface area contributed by atoms with Crippen LogP contribution >= 0.6 is 11.6 Å². The second-order valence-corrected chi connectivity index (χ2v) is 6.79. The number of rotatable bonds is 3. The molecule has 0 bridgehead atoms. The zero-order chi connectivity index (χ0) is 21.2. The van der Waals surface area contributed by atoms with Crippen molar-refractivity contribution < 1.29 is 27.5 Å². The molecule has 3 rings (SSSR count). The average molecular weight is 430 g/mol. The molecule has 0 atom stereocenters. The molecule has 1 aliphatic rings. The van der Waals surface area contributed by atoms with Gasteiger partial charge in [0, 0.05) is 25.0 Å². The van der Waals surface area contributed by atoms with Crippen LogP contribution in [0.15, 0.2) is 36.5 Å². The summed E-state index contributed by atoms with van der Waals surface area (Å²) in [6.07, 6.45) is -1.06. The number of benzene rings is 1. The first-order chi connectivity index (χ1) is 13.7. The number of nitrogens with one attached hydrogen (secondary N) is 1. The molecule has 1 aliphatic heterocycles. The van der Waals surface area contributed by atoms with Crippen molar-refractivity contribution in [3.63, 3.8) is 0 Å². The lowest BCUT2D eigenvalue weighted by atomic mass is 10.0. The maximum absolute atomic E-state index is 13.6. The van der Waals surface area contributed by atoms with Gasteiger partial charge in [0.25, 0.3) is 0 Å². The highest BCUT2D eigenvalue weighted by Gasteiger charge is 2.34. The van der Waals surface area contributed by atoms with Gasteiger partial charge in [-0.1, -0.05) is 17.7 Å². The molecule has 2 heterocycles. The fourth-order valence-electron chi connectivity index (χ4n) is 2.89. The summed E-state index contributed by atoms with van der Waals surface area (Å²) in [7, 11) is 0. The summed E-state index contributed by atoms with van der Waals surface area (Å²) >= 11 is 6.18. The van der Waals surface area contributed by atoms with E-state index in [9.17, 15) is 22.4 Å². The Hall–Kier alpha value is -2.65. The van der Waals surface area contributed by atoms with Crippen molar-refractivity contribution in [2.75, 3.05) is 18.4 Å². The lowest BCUT2D eigenvalue weighted by molar-refractivity contribution is -0.139. The Bertz CT molecular complexity index is 963. The largest absolute Gasteiger partial charge is 0.419 e. The Labute approximate surface area is 168 Å². The lowest BCUT2D eigenvalue weighted by Crippen LogP contribution is -2.38. The Morgan fingerprint density at radius 2 is 2.07 bits per heavy atom. The minimum Gasteiger partial charge on any atom is -0.392 e. The van der Waals surface area contributed by atoms with Crippen LogP contribution in [-0.4, -0.2) is 34.1 Å². The Morgan fingerprint density at radius 3 is 2.62 bits per heavy atom. The normalized spacial score (nSPS) is 14.6. The molecule has 2 N–H and O–H groups in total. The van der Waals surface area contributed by atoms with Gasteiger partial charge >= 0.3 is 12.2 Å². The number of carbonyl (C=O) groups excluding carboxylic acids is 1. The van der Waals surface area contributed by atoms with Gasteiger partial charge in [-0.05, 0) is 41.8 Å². The number of anilines is 1. The van der Waals surface area contributed by atoms with Crippen LogP contribution in [0.2, 0.25) is 5.02 Å². The highest BCUT2D eigenvalue weighted by Crippen LogP contribution is 2.32. The minimum atomic E-state index is -4.80. The van der Waals surface area contributed by atoms with E-state index >= 15 is 0 Å². The second-order valence-electron chi connectivity index (χ2n) is 6.38. The molecular formula is C19H16ClF4N3O2. The summed E-state index contributed by atoms with van der Waals surface area (Å²) in [6.45, 7) is 0.370. The van der Waals surface area contributed by atoms with Gasteiger partial charge in [0.2, 0.25) is 0 Å². The molecule has 0 aliphatic carbocycles. The highest BCUT2D eigenvalue weighted by atomic mass is 35.5. The van der Waals surface area contributed by atoms with E-state index in [-0.39, 0.29) is 18.8 Å². The number of aliphatic hydroxyl groups excluding tert-OH is 1. The van der Waals surface area contributed by atoms with Gasteiger partial charge in [-0.3, -0.25) is 4.98 Å². The predicted octanol–water partition coefficient (Wildman–Crippen LogP) is 4.71. The SMILES string of the molecule is O=C(Nc1ccc(C(F)(F)F)c(F)c1)N1CC=C(c2ncc(CO)cc2Cl)CC1. The van der Waals surface area contributed by atoms with Crippen LogP contribution in [0.3, 0.4) is 0 Å². The van der Waals surface area contributed by atoms with Crippen molar-refractivity contribution >= 4 is 28.9 Å². The number of alkyl halides is 3. The molecule has 154 valence electrons. The molecule has 5 nitrogen and oxygen atoms in total. The number of aliphatic hydroxyl groups is 1. The smallest absolute Gasteiger partial charge is 0.392 e. The molecule has 29 heavy (non-hydrogen) atoms. The number of carbonyl (C=O) groups is 1. The third kappa shape index (κ3) is 4.86. The fraction of sp³-hybridized carbons (Fsp3) is 0.263. The van der Waals surface area contributed by atoms with Gasteiger partial charge in [-0.2, -0.15) is 13.2 Å². The third-order valence-corrected chi connectivity index (χ3v) is 4.69. The van der Waals surface area contributed by atoms with Crippen LogP contribution < -0.4 is 5.32 Å². The molecular weight excluding hydrogens is 414 g/mol. The van der Waals surface area contributed by atoms with Crippen molar-refractivity contribution in [3.8, 4) is 0 Å². The molecule has 0 saturated carbocycles. The van der Waals surface area contributed by atoms with Crippen LogP contribution in [0, 0.1) is 5.82 Å². The molecule has 0 spiro atoms. The van der Waals surface area contributed by atoms with E-state index in [1.165, 1.54) is 11.1 Å². The first kappa shape index (κ1) is 21.1.